The van der Waals surface area contributed by atoms with Crippen LogP contribution in [0.3, 0.4) is 0 Å². The molecule has 2 amide bonds. The van der Waals surface area contributed by atoms with E-state index in [0.29, 0.717) is 0 Å². The molecule has 1 aliphatic carbocycles. The van der Waals surface area contributed by atoms with Crippen molar-refractivity contribution in [2.24, 2.45) is 5.41 Å². The summed E-state index contributed by atoms with van der Waals surface area (Å²) in [7, 11) is -4.13. The molecule has 2 aromatic carbocycles. The molecule has 11 heteroatoms. The van der Waals surface area contributed by atoms with E-state index in [1.165, 1.54) is 18.2 Å². The second-order valence-electron chi connectivity index (χ2n) is 8.11. The van der Waals surface area contributed by atoms with Gasteiger partial charge in [0.15, 0.2) is 0 Å². The van der Waals surface area contributed by atoms with E-state index in [1.807, 2.05) is 6.92 Å². The van der Waals surface area contributed by atoms with Crippen molar-refractivity contribution in [1.82, 2.24) is 5.32 Å². The van der Waals surface area contributed by atoms with Crippen LogP contribution in [0, 0.1) is 11.2 Å². The maximum atomic E-state index is 13.4. The maximum Gasteiger partial charge on any atom is 0.409 e. The molecule has 0 radical (unpaired) electrons. The third kappa shape index (κ3) is 4.33. The Bertz CT molecular complexity index is 1160. The van der Waals surface area contributed by atoms with Crippen LogP contribution >= 0.6 is 0 Å². The highest BCUT2D eigenvalue weighted by atomic mass is 32.2. The second kappa shape index (κ2) is 7.97. The Balaban J connectivity index is 1.66. The molecule has 1 heterocycles. The Morgan fingerprint density at radius 3 is 2.53 bits per heavy atom. The Morgan fingerprint density at radius 2 is 1.91 bits per heavy atom. The molecule has 1 saturated carbocycles. The largest absolute Gasteiger partial charge is 0.484 e. The molecule has 1 atom stereocenters. The fourth-order valence-corrected chi connectivity index (χ4v) is 4.91. The van der Waals surface area contributed by atoms with Gasteiger partial charge in [0.1, 0.15) is 17.7 Å². The fraction of sp³-hybridized carbons (Fsp3) is 0.333. The molecule has 0 spiro atoms. The lowest BCUT2D eigenvalue weighted by molar-refractivity contribution is -0.126. The van der Waals surface area contributed by atoms with Crippen molar-refractivity contribution >= 4 is 33.4 Å². The van der Waals surface area contributed by atoms with Crippen molar-refractivity contribution in [3.05, 3.63) is 48.3 Å². The van der Waals surface area contributed by atoms with Gasteiger partial charge in [0.25, 0.3) is 10.0 Å². The van der Waals surface area contributed by atoms with Crippen LogP contribution in [0.5, 0.6) is 5.75 Å². The molecule has 3 N–H and O–H groups in total. The molecule has 1 unspecified atom stereocenters. The van der Waals surface area contributed by atoms with Gasteiger partial charge in [0, 0.05) is 11.1 Å². The van der Waals surface area contributed by atoms with Gasteiger partial charge in [0.2, 0.25) is 5.91 Å². The summed E-state index contributed by atoms with van der Waals surface area (Å²) in [6.07, 6.45) is -0.374. The van der Waals surface area contributed by atoms with E-state index >= 15 is 0 Å². The molecular formula is C21H22FN3O6S. The topological polar surface area (TPSA) is 125 Å². The quantitative estimate of drug-likeness (QED) is 0.605. The summed E-state index contributed by atoms with van der Waals surface area (Å²) in [6, 6.07) is 8.67. The molecule has 1 fully saturated rings. The standard InChI is InChI=1S/C21H22FN3O6S/c1-21(8-9-21)19(26)23-11-15-12-25(32(29,30)16-5-2-13(22)3-6-16)17-10-14(24-20(27)28)4-7-18(17)31-15/h2-7,10,15,24H,8-9,11-12H2,1H3,(H,23,26)(H,27,28). The first-order valence-electron chi connectivity index (χ1n) is 9.96. The molecule has 0 bridgehead atoms. The zero-order valence-corrected chi connectivity index (χ0v) is 18.0. The predicted molar refractivity (Wildman–Crippen MR) is 114 cm³/mol. The van der Waals surface area contributed by atoms with Crippen LogP contribution in [-0.2, 0) is 14.8 Å². The van der Waals surface area contributed by atoms with Crippen LogP contribution in [0.15, 0.2) is 47.4 Å². The van der Waals surface area contributed by atoms with Crippen LogP contribution in [0.1, 0.15) is 19.8 Å². The molecule has 0 aromatic heterocycles. The van der Waals surface area contributed by atoms with Gasteiger partial charge in [-0.3, -0.25) is 14.4 Å². The van der Waals surface area contributed by atoms with Gasteiger partial charge in [0.05, 0.1) is 23.7 Å². The summed E-state index contributed by atoms with van der Waals surface area (Å²) in [5.41, 5.74) is -0.0889. The molecule has 4 rings (SSSR count). The first kappa shape index (κ1) is 21.9. The number of hydrogen-bond donors (Lipinski definition) is 3. The van der Waals surface area contributed by atoms with Crippen molar-refractivity contribution in [3.63, 3.8) is 0 Å². The number of rotatable bonds is 6. The molecule has 1 aliphatic heterocycles. The Morgan fingerprint density at radius 1 is 1.22 bits per heavy atom. The van der Waals surface area contributed by atoms with E-state index < -0.39 is 28.0 Å². The van der Waals surface area contributed by atoms with Crippen molar-refractivity contribution < 1.29 is 32.2 Å². The van der Waals surface area contributed by atoms with Gasteiger partial charge >= 0.3 is 6.09 Å². The third-order valence-corrected chi connectivity index (χ3v) is 7.38. The van der Waals surface area contributed by atoms with Crippen LogP contribution in [0.4, 0.5) is 20.6 Å². The van der Waals surface area contributed by atoms with Gasteiger partial charge in [-0.2, -0.15) is 0 Å². The van der Waals surface area contributed by atoms with E-state index in [4.69, 9.17) is 9.84 Å². The number of ether oxygens (including phenoxy) is 1. The number of benzene rings is 2. The lowest BCUT2D eigenvalue weighted by Gasteiger charge is -2.36. The average Bonchev–Trinajstić information content (AvgIpc) is 3.50. The van der Waals surface area contributed by atoms with Crippen LogP contribution < -0.4 is 19.7 Å². The third-order valence-electron chi connectivity index (χ3n) is 5.58. The normalized spacial score (nSPS) is 18.8. The molecule has 2 aromatic rings. The van der Waals surface area contributed by atoms with E-state index in [0.717, 1.165) is 41.4 Å². The monoisotopic (exact) mass is 463 g/mol. The van der Waals surface area contributed by atoms with E-state index in [1.54, 1.807) is 0 Å². The number of nitrogens with one attached hydrogen (secondary N) is 2. The lowest BCUT2D eigenvalue weighted by Crippen LogP contribution is -2.49. The lowest BCUT2D eigenvalue weighted by atomic mass is 10.1. The fourth-order valence-electron chi connectivity index (χ4n) is 3.42. The number of nitrogens with zero attached hydrogens (tertiary/aromatic N) is 1. The molecule has 170 valence electrons. The summed E-state index contributed by atoms with van der Waals surface area (Å²) >= 11 is 0. The number of anilines is 2. The molecule has 2 aliphatic rings. The highest BCUT2D eigenvalue weighted by Crippen LogP contribution is 2.45. The average molecular weight is 463 g/mol. The Kier molecular flexibility index (Phi) is 5.45. The summed E-state index contributed by atoms with van der Waals surface area (Å²) < 4.78 is 47.1. The zero-order chi connectivity index (χ0) is 23.1. The van der Waals surface area contributed by atoms with Crippen molar-refractivity contribution in [2.45, 2.75) is 30.8 Å². The maximum absolute atomic E-state index is 13.4. The Labute approximate surface area is 184 Å². The minimum Gasteiger partial charge on any atom is -0.484 e. The minimum absolute atomic E-state index is 0.0957. The smallest absolute Gasteiger partial charge is 0.409 e. The highest BCUT2D eigenvalue weighted by molar-refractivity contribution is 7.92. The number of halogens is 1. The SMILES string of the molecule is CC1(C(=O)NCC2CN(S(=O)(=O)c3ccc(F)cc3)c3cc(NC(=O)O)ccc3O2)CC1. The second-order valence-corrected chi connectivity index (χ2v) is 9.98. The molecule has 0 saturated heterocycles. The first-order valence-corrected chi connectivity index (χ1v) is 11.4. The zero-order valence-electron chi connectivity index (χ0n) is 17.2. The van der Waals surface area contributed by atoms with Crippen molar-refractivity contribution in [3.8, 4) is 5.75 Å². The van der Waals surface area contributed by atoms with Gasteiger partial charge in [-0.15, -0.1) is 0 Å². The van der Waals surface area contributed by atoms with E-state index in [-0.39, 0.29) is 46.4 Å². The molecular weight excluding hydrogens is 441 g/mol. The number of fused-ring (bicyclic) bond motifs is 1. The number of amides is 2. The van der Waals surface area contributed by atoms with Gasteiger partial charge in [-0.25, -0.2) is 17.6 Å². The van der Waals surface area contributed by atoms with Crippen LogP contribution in [0.2, 0.25) is 0 Å². The number of sulfonamides is 1. The summed E-state index contributed by atoms with van der Waals surface area (Å²) in [4.78, 5) is 23.2. The van der Waals surface area contributed by atoms with Gasteiger partial charge < -0.3 is 15.2 Å². The number of hydrogen-bond acceptors (Lipinski definition) is 5. The summed E-state index contributed by atoms with van der Waals surface area (Å²) in [5.74, 6) is -0.468. The summed E-state index contributed by atoms with van der Waals surface area (Å²) in [5, 5.41) is 14.0. The number of carbonyl (C=O) groups excluding carboxylic acids is 1. The van der Waals surface area contributed by atoms with Gasteiger partial charge in [-0.1, -0.05) is 6.92 Å². The molecule has 9 nitrogen and oxygen atoms in total. The number of carboxylic acid groups (broad SMARTS) is 1. The minimum atomic E-state index is -4.13. The van der Waals surface area contributed by atoms with Crippen LogP contribution in [0.25, 0.3) is 0 Å². The number of carbonyl (C=O) groups is 2. The van der Waals surface area contributed by atoms with Crippen molar-refractivity contribution in [2.75, 3.05) is 22.7 Å². The molecule has 32 heavy (non-hydrogen) atoms. The predicted octanol–water partition coefficient (Wildman–Crippen LogP) is 2.79. The van der Waals surface area contributed by atoms with Crippen molar-refractivity contribution in [1.29, 1.82) is 0 Å². The highest BCUT2D eigenvalue weighted by Gasteiger charge is 2.45. The first-order chi connectivity index (χ1) is 15.1. The van der Waals surface area contributed by atoms with E-state index in [2.05, 4.69) is 10.6 Å². The van der Waals surface area contributed by atoms with Crippen LogP contribution in [-0.4, -0.2) is 44.7 Å². The van der Waals surface area contributed by atoms with E-state index in [9.17, 15) is 22.4 Å². The van der Waals surface area contributed by atoms with Gasteiger partial charge in [-0.05, 0) is 55.3 Å². The Hall–Kier alpha value is -3.34. The summed E-state index contributed by atoms with van der Waals surface area (Å²) in [6.45, 7) is 1.83.